The summed E-state index contributed by atoms with van der Waals surface area (Å²) < 4.78 is 0. The van der Waals surface area contributed by atoms with Gasteiger partial charge in [0.2, 0.25) is 0 Å². The van der Waals surface area contributed by atoms with E-state index >= 15 is 0 Å². The highest BCUT2D eigenvalue weighted by Crippen LogP contribution is 2.57. The van der Waals surface area contributed by atoms with Gasteiger partial charge < -0.3 is 5.11 Å². The lowest BCUT2D eigenvalue weighted by Crippen LogP contribution is -2.54. The first-order valence-electron chi connectivity index (χ1n) is 4.32. The molecule has 0 saturated heterocycles. The normalized spacial score (nSPS) is 50.2. The molecule has 2 aliphatic carbocycles. The van der Waals surface area contributed by atoms with E-state index in [9.17, 15) is 9.90 Å². The van der Waals surface area contributed by atoms with Crippen molar-refractivity contribution in [1.82, 2.24) is 0 Å². The maximum atomic E-state index is 11.5. The zero-order valence-corrected chi connectivity index (χ0v) is 8.84. The van der Waals surface area contributed by atoms with E-state index in [1.165, 1.54) is 0 Å². The number of carbonyl (C=O) groups is 1. The number of ketones is 1. The Morgan fingerprint density at radius 1 is 1.58 bits per heavy atom. The third kappa shape index (κ3) is 0.814. The summed E-state index contributed by atoms with van der Waals surface area (Å²) in [5, 5.41) is 9.53. The highest BCUT2D eigenvalue weighted by atomic mass is 79.9. The van der Waals surface area contributed by atoms with Gasteiger partial charge in [0.1, 0.15) is 5.78 Å². The molecule has 1 N–H and O–H groups in total. The van der Waals surface area contributed by atoms with Gasteiger partial charge in [-0.25, -0.2) is 0 Å². The van der Waals surface area contributed by atoms with Crippen molar-refractivity contribution >= 4 is 21.7 Å². The van der Waals surface area contributed by atoms with Crippen LogP contribution in [0.5, 0.6) is 0 Å². The first kappa shape index (κ1) is 8.70. The Balaban J connectivity index is 2.26. The van der Waals surface area contributed by atoms with E-state index in [-0.39, 0.29) is 22.3 Å². The Morgan fingerprint density at radius 3 is 2.67 bits per heavy atom. The number of fused-ring (bicyclic) bond motifs is 1. The second kappa shape index (κ2) is 2.32. The van der Waals surface area contributed by atoms with E-state index in [0.29, 0.717) is 18.1 Å². The zero-order chi connectivity index (χ0) is 9.09. The molecule has 12 heavy (non-hydrogen) atoms. The molecule has 0 aromatic carbocycles. The van der Waals surface area contributed by atoms with E-state index in [1.807, 2.05) is 13.8 Å². The van der Waals surface area contributed by atoms with Gasteiger partial charge in [-0.1, -0.05) is 29.8 Å². The Labute approximate surface area is 80.5 Å². The quantitative estimate of drug-likeness (QED) is 0.641. The Morgan fingerprint density at radius 2 is 2.17 bits per heavy atom. The minimum absolute atomic E-state index is 0.121. The summed E-state index contributed by atoms with van der Waals surface area (Å²) in [5.41, 5.74) is -0.212. The van der Waals surface area contributed by atoms with Gasteiger partial charge in [-0.2, -0.15) is 0 Å². The standard InChI is InChI=1S/C9H13BrO2/c1-9(2)6-4(8(9)12)3-5(11)7(6)10/h4-7,11H,3H2,1-2H3/t4-,5+,6-,7-/m1/s1. The molecule has 0 amide bonds. The molecule has 2 fully saturated rings. The topological polar surface area (TPSA) is 37.3 Å². The molecular formula is C9H13BrO2. The summed E-state index contributed by atoms with van der Waals surface area (Å²) in [7, 11) is 0. The minimum Gasteiger partial charge on any atom is -0.392 e. The van der Waals surface area contributed by atoms with Crippen LogP contribution in [0.15, 0.2) is 0 Å². The highest BCUT2D eigenvalue weighted by molar-refractivity contribution is 9.09. The molecule has 0 spiro atoms. The summed E-state index contributed by atoms with van der Waals surface area (Å²) in [5.74, 6) is 0.799. The fourth-order valence-electron chi connectivity index (χ4n) is 2.72. The molecule has 2 nitrogen and oxygen atoms in total. The monoisotopic (exact) mass is 232 g/mol. The maximum Gasteiger partial charge on any atom is 0.142 e. The summed E-state index contributed by atoms with van der Waals surface area (Å²) >= 11 is 3.46. The number of halogens is 1. The molecule has 0 radical (unpaired) electrons. The molecule has 2 aliphatic rings. The van der Waals surface area contributed by atoms with E-state index in [1.54, 1.807) is 0 Å². The van der Waals surface area contributed by atoms with Crippen LogP contribution in [0.3, 0.4) is 0 Å². The number of aliphatic hydroxyl groups excluding tert-OH is 1. The highest BCUT2D eigenvalue weighted by Gasteiger charge is 2.63. The third-order valence-electron chi connectivity index (χ3n) is 3.44. The molecule has 0 aromatic rings. The van der Waals surface area contributed by atoms with Crippen LogP contribution >= 0.6 is 15.9 Å². The fourth-order valence-corrected chi connectivity index (χ4v) is 3.96. The fraction of sp³-hybridized carbons (Fsp3) is 0.889. The molecule has 2 saturated carbocycles. The van der Waals surface area contributed by atoms with Crippen LogP contribution in [-0.2, 0) is 4.79 Å². The number of Topliss-reactive ketones (excluding diaryl/α,β-unsaturated/α-hetero) is 1. The third-order valence-corrected chi connectivity index (χ3v) is 4.62. The maximum absolute atomic E-state index is 11.5. The Hall–Kier alpha value is 0.110. The predicted octanol–water partition coefficient (Wildman–Crippen LogP) is 1.36. The van der Waals surface area contributed by atoms with Gasteiger partial charge in [0.25, 0.3) is 0 Å². The van der Waals surface area contributed by atoms with Gasteiger partial charge in [0.05, 0.1) is 6.10 Å². The van der Waals surface area contributed by atoms with Gasteiger partial charge in [-0.15, -0.1) is 0 Å². The lowest BCUT2D eigenvalue weighted by molar-refractivity contribution is -0.150. The summed E-state index contributed by atoms with van der Waals surface area (Å²) in [6, 6.07) is 0. The number of rotatable bonds is 0. The van der Waals surface area contributed by atoms with Gasteiger partial charge in [0.15, 0.2) is 0 Å². The van der Waals surface area contributed by atoms with Crippen LogP contribution < -0.4 is 0 Å². The van der Waals surface area contributed by atoms with Gasteiger partial charge >= 0.3 is 0 Å². The van der Waals surface area contributed by atoms with Crippen molar-refractivity contribution in [2.45, 2.75) is 31.2 Å². The molecular weight excluding hydrogens is 220 g/mol. The van der Waals surface area contributed by atoms with Crippen molar-refractivity contribution in [1.29, 1.82) is 0 Å². The van der Waals surface area contributed by atoms with E-state index in [4.69, 9.17) is 0 Å². The SMILES string of the molecule is CC1(C)C(=O)[C@@H]2C[C@H](O)[C@@H](Br)[C@@H]21. The molecule has 0 aliphatic heterocycles. The molecule has 0 aromatic heterocycles. The van der Waals surface area contributed by atoms with Crippen LogP contribution in [0.1, 0.15) is 20.3 Å². The van der Waals surface area contributed by atoms with Crippen molar-refractivity contribution in [3.63, 3.8) is 0 Å². The first-order valence-corrected chi connectivity index (χ1v) is 5.24. The van der Waals surface area contributed by atoms with Crippen molar-refractivity contribution in [2.75, 3.05) is 0 Å². The molecule has 4 atom stereocenters. The first-order chi connectivity index (χ1) is 5.46. The minimum atomic E-state index is -0.328. The van der Waals surface area contributed by atoms with Crippen LogP contribution in [0, 0.1) is 17.3 Å². The van der Waals surface area contributed by atoms with E-state index in [0.717, 1.165) is 0 Å². The lowest BCUT2D eigenvalue weighted by Gasteiger charge is -2.47. The van der Waals surface area contributed by atoms with E-state index in [2.05, 4.69) is 15.9 Å². The number of hydrogen-bond donors (Lipinski definition) is 1. The van der Waals surface area contributed by atoms with Crippen LogP contribution in [0.4, 0.5) is 0 Å². The zero-order valence-electron chi connectivity index (χ0n) is 7.25. The number of aliphatic hydroxyl groups is 1. The van der Waals surface area contributed by atoms with Gasteiger partial charge in [0, 0.05) is 16.2 Å². The summed E-state index contributed by atoms with van der Waals surface area (Å²) in [6.45, 7) is 3.95. The number of hydrogen-bond acceptors (Lipinski definition) is 2. The summed E-state index contributed by atoms with van der Waals surface area (Å²) in [4.78, 5) is 11.6. The van der Waals surface area contributed by atoms with Crippen LogP contribution in [0.25, 0.3) is 0 Å². The van der Waals surface area contributed by atoms with Crippen molar-refractivity contribution < 1.29 is 9.90 Å². The molecule has 2 rings (SSSR count). The van der Waals surface area contributed by atoms with E-state index < -0.39 is 0 Å². The van der Waals surface area contributed by atoms with Crippen LogP contribution in [0.2, 0.25) is 0 Å². The molecule has 68 valence electrons. The van der Waals surface area contributed by atoms with Crippen molar-refractivity contribution in [2.24, 2.45) is 17.3 Å². The number of carbonyl (C=O) groups excluding carboxylic acids is 1. The van der Waals surface area contributed by atoms with Crippen molar-refractivity contribution in [3.8, 4) is 0 Å². The molecule has 0 bridgehead atoms. The van der Waals surface area contributed by atoms with Gasteiger partial charge in [-0.05, 0) is 12.3 Å². The molecule has 0 heterocycles. The smallest absolute Gasteiger partial charge is 0.142 e. The Kier molecular flexibility index (Phi) is 1.68. The Bertz CT molecular complexity index is 237. The molecule has 0 unspecified atom stereocenters. The second-order valence-electron chi connectivity index (χ2n) is 4.47. The second-order valence-corrected chi connectivity index (χ2v) is 5.52. The average molecular weight is 233 g/mol. The predicted molar refractivity (Wildman–Crippen MR) is 49.1 cm³/mol. The van der Waals surface area contributed by atoms with Gasteiger partial charge in [-0.3, -0.25) is 4.79 Å². The lowest BCUT2D eigenvalue weighted by atomic mass is 9.56. The molecule has 3 heteroatoms. The summed E-state index contributed by atoms with van der Waals surface area (Å²) in [6.07, 6.45) is 0.328. The van der Waals surface area contributed by atoms with Crippen molar-refractivity contribution in [3.05, 3.63) is 0 Å². The number of alkyl halides is 1. The largest absolute Gasteiger partial charge is 0.392 e. The average Bonchev–Trinajstić information content (AvgIpc) is 2.27. The van der Waals surface area contributed by atoms with Crippen LogP contribution in [-0.4, -0.2) is 21.8 Å².